The van der Waals surface area contributed by atoms with E-state index in [4.69, 9.17) is 21.6 Å². The van der Waals surface area contributed by atoms with Crippen LogP contribution in [-0.4, -0.2) is 16.3 Å². The van der Waals surface area contributed by atoms with Crippen molar-refractivity contribution in [2.45, 2.75) is 13.2 Å². The SMILES string of the molecule is N=C(N)c1cccc(Cn2c(C(N)=O)cc3cc(OCc4ccccc4)ccc32)c1. The third-order valence-corrected chi connectivity index (χ3v) is 4.95. The summed E-state index contributed by atoms with van der Waals surface area (Å²) in [6.45, 7) is 0.903. The number of aromatic nitrogens is 1. The summed E-state index contributed by atoms with van der Waals surface area (Å²) in [7, 11) is 0. The van der Waals surface area contributed by atoms with Crippen molar-refractivity contribution in [2.75, 3.05) is 0 Å². The molecule has 3 aromatic carbocycles. The van der Waals surface area contributed by atoms with Crippen LogP contribution < -0.4 is 16.2 Å². The summed E-state index contributed by atoms with van der Waals surface area (Å²) in [6.07, 6.45) is 0. The lowest BCUT2D eigenvalue weighted by atomic mass is 10.1. The Bertz CT molecular complexity index is 1230. The van der Waals surface area contributed by atoms with E-state index in [-0.39, 0.29) is 5.84 Å². The van der Waals surface area contributed by atoms with Gasteiger partial charge in [-0.2, -0.15) is 0 Å². The zero-order chi connectivity index (χ0) is 21.1. The Hall–Kier alpha value is -4.06. The molecule has 0 radical (unpaired) electrons. The molecule has 4 aromatic rings. The third kappa shape index (κ3) is 4.03. The van der Waals surface area contributed by atoms with E-state index >= 15 is 0 Å². The number of amides is 1. The summed E-state index contributed by atoms with van der Waals surface area (Å²) in [5.41, 5.74) is 15.2. The monoisotopic (exact) mass is 398 g/mol. The Morgan fingerprint density at radius 2 is 1.67 bits per heavy atom. The summed E-state index contributed by atoms with van der Waals surface area (Å²) in [4.78, 5) is 12.1. The second-order valence-corrected chi connectivity index (χ2v) is 7.09. The lowest BCUT2D eigenvalue weighted by molar-refractivity contribution is 0.0992. The van der Waals surface area contributed by atoms with E-state index in [2.05, 4.69) is 0 Å². The number of primary amides is 1. The van der Waals surface area contributed by atoms with E-state index in [0.29, 0.717) is 24.4 Å². The number of nitrogens with one attached hydrogen (secondary N) is 1. The van der Waals surface area contributed by atoms with Crippen LogP contribution in [0.5, 0.6) is 5.75 Å². The van der Waals surface area contributed by atoms with Crippen molar-refractivity contribution in [3.05, 3.63) is 101 Å². The number of nitrogen functional groups attached to an aromatic ring is 1. The molecule has 1 aromatic heterocycles. The molecule has 1 amide bonds. The van der Waals surface area contributed by atoms with Crippen molar-refractivity contribution in [3.8, 4) is 5.75 Å². The highest BCUT2D eigenvalue weighted by Crippen LogP contribution is 2.26. The number of fused-ring (bicyclic) bond motifs is 1. The maximum Gasteiger partial charge on any atom is 0.265 e. The molecule has 0 spiro atoms. The summed E-state index contributed by atoms with van der Waals surface area (Å²) in [5.74, 6) is 0.225. The molecule has 150 valence electrons. The molecule has 0 aliphatic heterocycles. The number of benzene rings is 3. The molecule has 0 unspecified atom stereocenters. The molecule has 6 nitrogen and oxygen atoms in total. The van der Waals surface area contributed by atoms with Crippen LogP contribution in [0, 0.1) is 5.41 Å². The van der Waals surface area contributed by atoms with Gasteiger partial charge in [0.15, 0.2) is 0 Å². The zero-order valence-corrected chi connectivity index (χ0v) is 16.3. The van der Waals surface area contributed by atoms with Gasteiger partial charge in [0.1, 0.15) is 23.9 Å². The van der Waals surface area contributed by atoms with E-state index in [0.717, 1.165) is 27.8 Å². The first-order valence-corrected chi connectivity index (χ1v) is 9.54. The van der Waals surface area contributed by atoms with Gasteiger partial charge in [-0.1, -0.05) is 48.5 Å². The minimum Gasteiger partial charge on any atom is -0.489 e. The van der Waals surface area contributed by atoms with Crippen molar-refractivity contribution in [1.82, 2.24) is 4.57 Å². The van der Waals surface area contributed by atoms with Gasteiger partial charge in [0.05, 0.1) is 0 Å². The third-order valence-electron chi connectivity index (χ3n) is 4.95. The van der Waals surface area contributed by atoms with Gasteiger partial charge in [-0.25, -0.2) is 0 Å². The number of rotatable bonds is 7. The first-order chi connectivity index (χ1) is 14.5. The fourth-order valence-corrected chi connectivity index (χ4v) is 3.47. The quantitative estimate of drug-likeness (QED) is 0.327. The van der Waals surface area contributed by atoms with Crippen LogP contribution >= 0.6 is 0 Å². The highest BCUT2D eigenvalue weighted by atomic mass is 16.5. The molecule has 0 aliphatic carbocycles. The maximum absolute atomic E-state index is 12.1. The van der Waals surface area contributed by atoms with E-state index in [1.54, 1.807) is 12.1 Å². The van der Waals surface area contributed by atoms with E-state index in [1.807, 2.05) is 71.3 Å². The molecule has 0 bridgehead atoms. The summed E-state index contributed by atoms with van der Waals surface area (Å²) in [6, 6.07) is 24.8. The van der Waals surface area contributed by atoms with Crippen LogP contribution in [0.25, 0.3) is 10.9 Å². The standard InChI is InChI=1S/C24H22N4O2/c25-23(26)18-8-4-7-17(11-18)14-28-21-10-9-20(12-19(21)13-22(28)24(27)29)30-15-16-5-2-1-3-6-16/h1-13H,14-15H2,(H3,25,26)(H2,27,29). The average molecular weight is 398 g/mol. The average Bonchev–Trinajstić information content (AvgIpc) is 3.11. The molecule has 5 N–H and O–H groups in total. The van der Waals surface area contributed by atoms with Crippen LogP contribution in [0.2, 0.25) is 0 Å². The summed E-state index contributed by atoms with van der Waals surface area (Å²) < 4.78 is 7.78. The number of hydrogen-bond donors (Lipinski definition) is 3. The Balaban J connectivity index is 1.65. The second kappa shape index (κ2) is 8.13. The Morgan fingerprint density at radius 1 is 0.900 bits per heavy atom. The maximum atomic E-state index is 12.1. The minimum absolute atomic E-state index is 0.00421. The molecular weight excluding hydrogens is 376 g/mol. The fourth-order valence-electron chi connectivity index (χ4n) is 3.47. The normalized spacial score (nSPS) is 10.8. The van der Waals surface area contributed by atoms with Gasteiger partial charge >= 0.3 is 0 Å². The number of ether oxygens (including phenoxy) is 1. The zero-order valence-electron chi connectivity index (χ0n) is 16.3. The van der Waals surface area contributed by atoms with Crippen LogP contribution in [-0.2, 0) is 13.2 Å². The molecule has 0 aliphatic rings. The van der Waals surface area contributed by atoms with E-state index in [1.165, 1.54) is 0 Å². The summed E-state index contributed by atoms with van der Waals surface area (Å²) >= 11 is 0. The Kier molecular flexibility index (Phi) is 5.22. The lowest BCUT2D eigenvalue weighted by Crippen LogP contribution is -2.17. The largest absolute Gasteiger partial charge is 0.489 e. The van der Waals surface area contributed by atoms with Gasteiger partial charge in [-0.15, -0.1) is 0 Å². The number of nitrogens with zero attached hydrogens (tertiary/aromatic N) is 1. The van der Waals surface area contributed by atoms with Gasteiger partial charge in [-0.05, 0) is 41.5 Å². The van der Waals surface area contributed by atoms with Crippen molar-refractivity contribution >= 4 is 22.6 Å². The number of hydrogen-bond acceptors (Lipinski definition) is 3. The van der Waals surface area contributed by atoms with Gasteiger partial charge < -0.3 is 20.8 Å². The molecule has 0 saturated carbocycles. The lowest BCUT2D eigenvalue weighted by Gasteiger charge is -2.11. The van der Waals surface area contributed by atoms with E-state index < -0.39 is 5.91 Å². The Morgan fingerprint density at radius 3 is 2.40 bits per heavy atom. The van der Waals surface area contributed by atoms with Crippen LogP contribution in [0.15, 0.2) is 78.9 Å². The van der Waals surface area contributed by atoms with E-state index in [9.17, 15) is 4.79 Å². The predicted octanol–water partition coefficient (Wildman–Crippen LogP) is 3.65. The molecule has 6 heteroatoms. The van der Waals surface area contributed by atoms with Crippen LogP contribution in [0.4, 0.5) is 0 Å². The molecule has 4 rings (SSSR count). The molecule has 0 fully saturated rings. The van der Waals surface area contributed by atoms with Crippen LogP contribution in [0.1, 0.15) is 27.2 Å². The molecule has 0 atom stereocenters. The van der Waals surface area contributed by atoms with Gasteiger partial charge in [0.2, 0.25) is 0 Å². The van der Waals surface area contributed by atoms with Crippen molar-refractivity contribution < 1.29 is 9.53 Å². The van der Waals surface area contributed by atoms with Crippen molar-refractivity contribution in [1.29, 1.82) is 5.41 Å². The first kappa shape index (κ1) is 19.3. The number of carbonyl (C=O) groups is 1. The van der Waals surface area contributed by atoms with Gasteiger partial charge in [-0.3, -0.25) is 10.2 Å². The number of nitrogens with two attached hydrogens (primary N) is 2. The van der Waals surface area contributed by atoms with Crippen molar-refractivity contribution in [2.24, 2.45) is 11.5 Å². The Labute approximate surface area is 174 Å². The highest BCUT2D eigenvalue weighted by molar-refractivity contribution is 5.98. The smallest absolute Gasteiger partial charge is 0.265 e. The molecule has 1 heterocycles. The fraction of sp³-hybridized carbons (Fsp3) is 0.0833. The van der Waals surface area contributed by atoms with Gasteiger partial charge in [0.25, 0.3) is 5.91 Å². The highest BCUT2D eigenvalue weighted by Gasteiger charge is 2.14. The first-order valence-electron chi connectivity index (χ1n) is 9.54. The predicted molar refractivity (Wildman–Crippen MR) is 118 cm³/mol. The van der Waals surface area contributed by atoms with Gasteiger partial charge in [0, 0.05) is 23.0 Å². The number of carbonyl (C=O) groups excluding carboxylic acids is 1. The second-order valence-electron chi connectivity index (χ2n) is 7.09. The molecular formula is C24H22N4O2. The van der Waals surface area contributed by atoms with Crippen LogP contribution in [0.3, 0.4) is 0 Å². The topological polar surface area (TPSA) is 107 Å². The molecule has 0 saturated heterocycles. The minimum atomic E-state index is -0.499. The summed E-state index contributed by atoms with van der Waals surface area (Å²) in [5, 5.41) is 8.50. The molecule has 30 heavy (non-hydrogen) atoms. The number of amidine groups is 1. The van der Waals surface area contributed by atoms with Crippen molar-refractivity contribution in [3.63, 3.8) is 0 Å².